The minimum atomic E-state index is -3.71. The van der Waals surface area contributed by atoms with Gasteiger partial charge in [-0.05, 0) is 32.0 Å². The van der Waals surface area contributed by atoms with E-state index in [1.54, 1.807) is 19.1 Å². The first-order chi connectivity index (χ1) is 12.8. The Morgan fingerprint density at radius 3 is 2.48 bits per heavy atom. The average Bonchev–Trinajstić information content (AvgIpc) is 2.63. The summed E-state index contributed by atoms with van der Waals surface area (Å²) in [6.45, 7) is 5.84. The zero-order valence-electron chi connectivity index (χ0n) is 15.0. The third-order valence-electron chi connectivity index (χ3n) is 4.17. The highest BCUT2D eigenvalue weighted by Gasteiger charge is 2.31. The zero-order chi connectivity index (χ0) is 19.6. The number of nitrogens with zero attached hydrogens (tertiary/aromatic N) is 4. The van der Waals surface area contributed by atoms with Gasteiger partial charge in [0.2, 0.25) is 15.9 Å². The molecule has 2 heterocycles. The number of aryl methyl sites for hydroxylation is 1. The van der Waals surface area contributed by atoms with Gasteiger partial charge < -0.3 is 9.64 Å². The summed E-state index contributed by atoms with van der Waals surface area (Å²) >= 11 is 12.0. The van der Waals surface area contributed by atoms with Crippen molar-refractivity contribution in [3.8, 4) is 5.88 Å². The van der Waals surface area contributed by atoms with E-state index in [1.807, 2.05) is 11.8 Å². The molecule has 0 amide bonds. The number of hydrogen-bond donors (Lipinski definition) is 0. The van der Waals surface area contributed by atoms with Crippen LogP contribution in [0.3, 0.4) is 0 Å². The lowest BCUT2D eigenvalue weighted by Gasteiger charge is -2.34. The van der Waals surface area contributed by atoms with Crippen molar-refractivity contribution in [1.82, 2.24) is 14.3 Å². The maximum absolute atomic E-state index is 12.9. The molecule has 0 spiro atoms. The van der Waals surface area contributed by atoms with Crippen LogP contribution in [0.4, 0.5) is 5.82 Å². The van der Waals surface area contributed by atoms with E-state index in [0.29, 0.717) is 49.5 Å². The first kappa shape index (κ1) is 20.1. The molecule has 0 aliphatic carbocycles. The molecule has 0 radical (unpaired) electrons. The third kappa shape index (κ3) is 4.45. The number of aromatic nitrogens is 2. The van der Waals surface area contributed by atoms with Crippen molar-refractivity contribution < 1.29 is 13.2 Å². The van der Waals surface area contributed by atoms with Gasteiger partial charge in [0.25, 0.3) is 0 Å². The topological polar surface area (TPSA) is 75.6 Å². The Labute approximate surface area is 168 Å². The lowest BCUT2D eigenvalue weighted by molar-refractivity contribution is 0.325. The number of anilines is 1. The number of rotatable bonds is 5. The SMILES string of the molecule is CCOc1cc(N2CCN(S(=O)(=O)c3cc(Cl)ccc3Cl)CC2)nc(C)n1. The molecule has 1 saturated heterocycles. The quantitative estimate of drug-likeness (QED) is 0.725. The number of hydrogen-bond acceptors (Lipinski definition) is 6. The minimum absolute atomic E-state index is 0.0293. The van der Waals surface area contributed by atoms with Crippen molar-refractivity contribution in [2.24, 2.45) is 0 Å². The van der Waals surface area contributed by atoms with E-state index in [1.165, 1.54) is 16.4 Å². The Kier molecular flexibility index (Phi) is 6.10. The Hall–Kier alpha value is -1.61. The lowest BCUT2D eigenvalue weighted by atomic mass is 10.3. The number of benzene rings is 1. The first-order valence-corrected chi connectivity index (χ1v) is 10.7. The Balaban J connectivity index is 1.76. The molecule has 0 N–H and O–H groups in total. The Morgan fingerprint density at radius 1 is 1.11 bits per heavy atom. The molecule has 3 rings (SSSR count). The predicted molar refractivity (Wildman–Crippen MR) is 105 cm³/mol. The summed E-state index contributed by atoms with van der Waals surface area (Å²) < 4.78 is 32.7. The summed E-state index contributed by atoms with van der Waals surface area (Å²) in [5.74, 6) is 1.85. The molecular weight excluding hydrogens is 411 g/mol. The number of ether oxygens (including phenoxy) is 1. The third-order valence-corrected chi connectivity index (χ3v) is 6.78. The summed E-state index contributed by atoms with van der Waals surface area (Å²) in [7, 11) is -3.71. The molecule has 10 heteroatoms. The number of halogens is 2. The van der Waals surface area contributed by atoms with Crippen LogP contribution in [0, 0.1) is 6.92 Å². The second kappa shape index (κ2) is 8.18. The fourth-order valence-corrected chi connectivity index (χ4v) is 5.04. The number of piperazine rings is 1. The highest BCUT2D eigenvalue weighted by Crippen LogP contribution is 2.29. The van der Waals surface area contributed by atoms with E-state index < -0.39 is 10.0 Å². The van der Waals surface area contributed by atoms with E-state index in [-0.39, 0.29) is 9.92 Å². The van der Waals surface area contributed by atoms with Gasteiger partial charge in [-0.25, -0.2) is 13.4 Å². The maximum Gasteiger partial charge on any atom is 0.244 e. The van der Waals surface area contributed by atoms with Crippen molar-refractivity contribution in [3.63, 3.8) is 0 Å². The van der Waals surface area contributed by atoms with E-state index in [9.17, 15) is 8.42 Å². The largest absolute Gasteiger partial charge is 0.478 e. The van der Waals surface area contributed by atoms with Gasteiger partial charge in [-0.1, -0.05) is 23.2 Å². The Morgan fingerprint density at radius 2 is 1.81 bits per heavy atom. The standard InChI is InChI=1S/C17H20Cl2N4O3S/c1-3-26-17-11-16(20-12(2)21-17)22-6-8-23(9-7-22)27(24,25)15-10-13(18)4-5-14(15)19/h4-5,10-11H,3,6-9H2,1-2H3. The molecule has 1 fully saturated rings. The van der Waals surface area contributed by atoms with Gasteiger partial charge in [-0.15, -0.1) is 0 Å². The summed E-state index contributed by atoms with van der Waals surface area (Å²) in [5.41, 5.74) is 0. The second-order valence-electron chi connectivity index (χ2n) is 6.01. The summed E-state index contributed by atoms with van der Waals surface area (Å²) in [5, 5.41) is 0.492. The van der Waals surface area contributed by atoms with E-state index in [4.69, 9.17) is 27.9 Å². The van der Waals surface area contributed by atoms with Crippen LogP contribution in [0.15, 0.2) is 29.2 Å². The van der Waals surface area contributed by atoms with Gasteiger partial charge in [0.05, 0.1) is 11.6 Å². The molecule has 0 saturated carbocycles. The van der Waals surface area contributed by atoms with Gasteiger partial charge in [0.15, 0.2) is 0 Å². The van der Waals surface area contributed by atoms with Gasteiger partial charge in [-0.3, -0.25) is 0 Å². The highest BCUT2D eigenvalue weighted by atomic mass is 35.5. The van der Waals surface area contributed by atoms with Gasteiger partial charge in [0.1, 0.15) is 16.5 Å². The minimum Gasteiger partial charge on any atom is -0.478 e. The van der Waals surface area contributed by atoms with Crippen LogP contribution in [-0.4, -0.2) is 55.5 Å². The van der Waals surface area contributed by atoms with Crippen LogP contribution in [0.5, 0.6) is 5.88 Å². The zero-order valence-corrected chi connectivity index (χ0v) is 17.4. The van der Waals surface area contributed by atoms with Crippen LogP contribution < -0.4 is 9.64 Å². The van der Waals surface area contributed by atoms with E-state index in [0.717, 1.165) is 5.82 Å². The summed E-state index contributed by atoms with van der Waals surface area (Å²) in [4.78, 5) is 10.7. The first-order valence-electron chi connectivity index (χ1n) is 8.50. The summed E-state index contributed by atoms with van der Waals surface area (Å²) in [6.07, 6.45) is 0. The van der Waals surface area contributed by atoms with Crippen molar-refractivity contribution in [1.29, 1.82) is 0 Å². The lowest BCUT2D eigenvalue weighted by Crippen LogP contribution is -2.49. The maximum atomic E-state index is 12.9. The molecule has 1 aliphatic rings. The van der Waals surface area contributed by atoms with Crippen molar-refractivity contribution in [2.75, 3.05) is 37.7 Å². The second-order valence-corrected chi connectivity index (χ2v) is 8.76. The van der Waals surface area contributed by atoms with Crippen LogP contribution >= 0.6 is 23.2 Å². The molecule has 1 aromatic carbocycles. The van der Waals surface area contributed by atoms with Crippen molar-refractivity contribution in [3.05, 3.63) is 40.1 Å². The van der Waals surface area contributed by atoms with Crippen molar-refractivity contribution >= 4 is 39.0 Å². The van der Waals surface area contributed by atoms with Gasteiger partial charge in [0, 0.05) is 37.3 Å². The molecule has 0 bridgehead atoms. The molecule has 27 heavy (non-hydrogen) atoms. The molecule has 2 aromatic rings. The molecule has 7 nitrogen and oxygen atoms in total. The van der Waals surface area contributed by atoms with Crippen LogP contribution in [0.1, 0.15) is 12.7 Å². The van der Waals surface area contributed by atoms with Gasteiger partial charge >= 0.3 is 0 Å². The Bertz CT molecular complexity index is 932. The van der Waals surface area contributed by atoms with Crippen LogP contribution in [0.25, 0.3) is 0 Å². The number of sulfonamides is 1. The smallest absolute Gasteiger partial charge is 0.244 e. The van der Waals surface area contributed by atoms with Crippen LogP contribution in [-0.2, 0) is 10.0 Å². The van der Waals surface area contributed by atoms with Gasteiger partial charge in [-0.2, -0.15) is 9.29 Å². The molecule has 0 atom stereocenters. The van der Waals surface area contributed by atoms with Crippen molar-refractivity contribution in [2.45, 2.75) is 18.7 Å². The molecule has 0 unspecified atom stereocenters. The van der Waals surface area contributed by atoms with Crippen LogP contribution in [0.2, 0.25) is 10.0 Å². The van der Waals surface area contributed by atoms with E-state index >= 15 is 0 Å². The molecule has 1 aromatic heterocycles. The predicted octanol–water partition coefficient (Wildman–Crippen LogP) is 3.00. The highest BCUT2D eigenvalue weighted by molar-refractivity contribution is 7.89. The normalized spacial score (nSPS) is 15.8. The molecule has 146 valence electrons. The monoisotopic (exact) mass is 430 g/mol. The van der Waals surface area contributed by atoms with E-state index in [2.05, 4.69) is 9.97 Å². The molecular formula is C17H20Cl2N4O3S. The summed E-state index contributed by atoms with van der Waals surface area (Å²) in [6, 6.07) is 6.21. The average molecular weight is 431 g/mol. The fourth-order valence-electron chi connectivity index (χ4n) is 2.88. The molecule has 1 aliphatic heterocycles. The fraction of sp³-hybridized carbons (Fsp3) is 0.412.